The zero-order valence-electron chi connectivity index (χ0n) is 18.0. The van der Waals surface area contributed by atoms with Gasteiger partial charge in [-0.05, 0) is 60.7 Å². The summed E-state index contributed by atoms with van der Waals surface area (Å²) in [7, 11) is 0. The number of amides is 1. The van der Waals surface area contributed by atoms with E-state index >= 15 is 0 Å². The van der Waals surface area contributed by atoms with Gasteiger partial charge < -0.3 is 14.6 Å². The van der Waals surface area contributed by atoms with Crippen molar-refractivity contribution in [2.75, 3.05) is 18.0 Å². The van der Waals surface area contributed by atoms with Crippen LogP contribution < -0.4 is 10.2 Å². The van der Waals surface area contributed by atoms with E-state index in [1.807, 2.05) is 24.3 Å². The topological polar surface area (TPSA) is 71.3 Å². The van der Waals surface area contributed by atoms with Crippen LogP contribution in [0.25, 0.3) is 0 Å². The minimum atomic E-state index is 0.0304. The minimum Gasteiger partial charge on any atom is -0.467 e. The van der Waals surface area contributed by atoms with E-state index in [9.17, 15) is 4.79 Å². The molecule has 1 saturated heterocycles. The summed E-state index contributed by atoms with van der Waals surface area (Å²) >= 11 is 1.62. The van der Waals surface area contributed by atoms with Crippen LogP contribution >= 0.6 is 11.8 Å². The second-order valence-electron chi connectivity index (χ2n) is 8.11. The first-order valence-electron chi connectivity index (χ1n) is 10.7. The number of nitrogens with zero attached hydrogens (tertiary/aromatic N) is 3. The lowest BCUT2D eigenvalue weighted by molar-refractivity contribution is -0.125. The zero-order chi connectivity index (χ0) is 21.6. The van der Waals surface area contributed by atoms with Gasteiger partial charge in [-0.15, -0.1) is 10.2 Å². The highest BCUT2D eigenvalue weighted by Crippen LogP contribution is 2.28. The van der Waals surface area contributed by atoms with E-state index in [4.69, 9.17) is 4.42 Å². The van der Waals surface area contributed by atoms with Gasteiger partial charge in [0.2, 0.25) is 5.91 Å². The van der Waals surface area contributed by atoms with Crippen molar-refractivity contribution >= 4 is 23.5 Å². The zero-order valence-corrected chi connectivity index (χ0v) is 18.8. The summed E-state index contributed by atoms with van der Waals surface area (Å²) in [5.74, 6) is 2.30. The van der Waals surface area contributed by atoms with Crippen LogP contribution in [0, 0.1) is 5.92 Å². The molecule has 31 heavy (non-hydrogen) atoms. The van der Waals surface area contributed by atoms with Crippen molar-refractivity contribution in [1.29, 1.82) is 0 Å². The standard InChI is InChI=1S/C24H28N4O2S/c1-17(2)18-5-7-21(8-6-18)31-23-10-9-22(26-27-23)28-13-11-19(12-14-28)24(29)25-16-20-4-3-15-30-20/h3-10,15,17,19H,11-14,16H2,1-2H3,(H,25,29). The fourth-order valence-corrected chi connectivity index (χ4v) is 4.41. The minimum absolute atomic E-state index is 0.0304. The highest BCUT2D eigenvalue weighted by atomic mass is 32.2. The summed E-state index contributed by atoms with van der Waals surface area (Å²) in [5.41, 5.74) is 1.34. The molecule has 0 bridgehead atoms. The van der Waals surface area contributed by atoms with Crippen LogP contribution in [0.15, 0.2) is 69.1 Å². The van der Waals surface area contributed by atoms with Crippen LogP contribution in [0.4, 0.5) is 5.82 Å². The average molecular weight is 437 g/mol. The van der Waals surface area contributed by atoms with Crippen molar-refractivity contribution in [3.8, 4) is 0 Å². The lowest BCUT2D eigenvalue weighted by atomic mass is 9.96. The number of nitrogens with one attached hydrogen (secondary N) is 1. The average Bonchev–Trinajstić information content (AvgIpc) is 3.32. The third-order valence-electron chi connectivity index (χ3n) is 5.60. The Balaban J connectivity index is 1.26. The van der Waals surface area contributed by atoms with Crippen molar-refractivity contribution in [2.45, 2.75) is 49.1 Å². The lowest BCUT2D eigenvalue weighted by Gasteiger charge is -2.31. The SMILES string of the molecule is CC(C)c1ccc(Sc2ccc(N3CCC(C(=O)NCc4ccco4)CC3)nn2)cc1. The first-order valence-corrected chi connectivity index (χ1v) is 11.6. The highest BCUT2D eigenvalue weighted by molar-refractivity contribution is 7.99. The molecule has 7 heteroatoms. The van der Waals surface area contributed by atoms with Crippen molar-refractivity contribution < 1.29 is 9.21 Å². The number of aromatic nitrogens is 2. The van der Waals surface area contributed by atoms with Gasteiger partial charge >= 0.3 is 0 Å². The van der Waals surface area contributed by atoms with Crippen LogP contribution in [0.2, 0.25) is 0 Å². The third-order valence-corrected chi connectivity index (χ3v) is 6.54. The molecular weight excluding hydrogens is 408 g/mol. The van der Waals surface area contributed by atoms with Crippen molar-refractivity contribution in [3.05, 3.63) is 66.1 Å². The van der Waals surface area contributed by atoms with E-state index in [2.05, 4.69) is 58.5 Å². The van der Waals surface area contributed by atoms with Gasteiger partial charge in [0.15, 0.2) is 5.82 Å². The Bertz CT molecular complexity index is 964. The number of anilines is 1. The van der Waals surface area contributed by atoms with Crippen molar-refractivity contribution in [3.63, 3.8) is 0 Å². The molecule has 1 aromatic carbocycles. The van der Waals surface area contributed by atoms with Gasteiger partial charge in [0.25, 0.3) is 0 Å². The molecular formula is C24H28N4O2S. The number of piperidine rings is 1. The molecule has 0 radical (unpaired) electrons. The Kier molecular flexibility index (Phi) is 6.92. The Morgan fingerprint density at radius 1 is 1.13 bits per heavy atom. The largest absolute Gasteiger partial charge is 0.467 e. The lowest BCUT2D eigenvalue weighted by Crippen LogP contribution is -2.40. The number of rotatable bonds is 7. The van der Waals surface area contributed by atoms with Gasteiger partial charge in [-0.3, -0.25) is 4.79 Å². The fourth-order valence-electron chi connectivity index (χ4n) is 3.68. The quantitative estimate of drug-likeness (QED) is 0.569. The van der Waals surface area contributed by atoms with Gasteiger partial charge in [-0.2, -0.15) is 0 Å². The monoisotopic (exact) mass is 436 g/mol. The van der Waals surface area contributed by atoms with Crippen LogP contribution in [0.5, 0.6) is 0 Å². The molecule has 4 rings (SSSR count). The summed E-state index contributed by atoms with van der Waals surface area (Å²) in [6, 6.07) is 16.3. The van der Waals surface area contributed by atoms with Crippen LogP contribution in [-0.4, -0.2) is 29.2 Å². The second-order valence-corrected chi connectivity index (χ2v) is 9.21. The summed E-state index contributed by atoms with van der Waals surface area (Å²) in [5, 5.41) is 12.7. The molecule has 2 aromatic heterocycles. The van der Waals surface area contributed by atoms with Gasteiger partial charge in [-0.1, -0.05) is 37.7 Å². The molecule has 162 valence electrons. The molecule has 1 amide bonds. The molecule has 0 spiro atoms. The predicted molar refractivity (Wildman–Crippen MR) is 122 cm³/mol. The van der Waals surface area contributed by atoms with E-state index in [-0.39, 0.29) is 11.8 Å². The van der Waals surface area contributed by atoms with Crippen LogP contribution in [0.1, 0.15) is 43.9 Å². The molecule has 1 N–H and O–H groups in total. The van der Waals surface area contributed by atoms with Gasteiger partial charge in [0.05, 0.1) is 12.8 Å². The van der Waals surface area contributed by atoms with Gasteiger partial charge in [0.1, 0.15) is 10.8 Å². The van der Waals surface area contributed by atoms with Crippen LogP contribution in [-0.2, 0) is 11.3 Å². The normalized spacial score (nSPS) is 14.7. The Hall–Kier alpha value is -2.80. The Morgan fingerprint density at radius 2 is 1.90 bits per heavy atom. The Morgan fingerprint density at radius 3 is 2.52 bits per heavy atom. The maximum atomic E-state index is 12.4. The number of hydrogen-bond acceptors (Lipinski definition) is 6. The maximum Gasteiger partial charge on any atom is 0.223 e. The molecule has 1 aliphatic rings. The van der Waals surface area contributed by atoms with Crippen molar-refractivity contribution in [1.82, 2.24) is 15.5 Å². The first kappa shape index (κ1) is 21.4. The number of furan rings is 1. The molecule has 1 aliphatic heterocycles. The van der Waals surface area contributed by atoms with E-state index < -0.39 is 0 Å². The molecule has 1 fully saturated rings. The van der Waals surface area contributed by atoms with E-state index in [0.717, 1.165) is 47.4 Å². The van der Waals surface area contributed by atoms with E-state index in [1.54, 1.807) is 18.0 Å². The molecule has 6 nitrogen and oxygen atoms in total. The maximum absolute atomic E-state index is 12.4. The first-order chi connectivity index (χ1) is 15.1. The fraction of sp³-hybridized carbons (Fsp3) is 0.375. The smallest absolute Gasteiger partial charge is 0.223 e. The number of carbonyl (C=O) groups excluding carboxylic acids is 1. The molecule has 0 atom stereocenters. The second kappa shape index (κ2) is 10.0. The van der Waals surface area contributed by atoms with Crippen LogP contribution in [0.3, 0.4) is 0 Å². The summed E-state index contributed by atoms with van der Waals surface area (Å²) < 4.78 is 5.27. The summed E-state index contributed by atoms with van der Waals surface area (Å²) in [6.07, 6.45) is 3.24. The molecule has 0 unspecified atom stereocenters. The van der Waals surface area contributed by atoms with Crippen molar-refractivity contribution in [2.24, 2.45) is 5.92 Å². The molecule has 3 heterocycles. The predicted octanol–water partition coefficient (Wildman–Crippen LogP) is 4.88. The van der Waals surface area contributed by atoms with E-state index in [1.165, 1.54) is 5.56 Å². The summed E-state index contributed by atoms with van der Waals surface area (Å²) in [6.45, 7) is 6.44. The number of carbonyl (C=O) groups is 1. The molecule has 0 aliphatic carbocycles. The third kappa shape index (κ3) is 5.67. The Labute approximate surface area is 187 Å². The number of benzene rings is 1. The van der Waals surface area contributed by atoms with Gasteiger partial charge in [-0.25, -0.2) is 0 Å². The summed E-state index contributed by atoms with van der Waals surface area (Å²) in [4.78, 5) is 15.8. The molecule has 3 aromatic rings. The highest BCUT2D eigenvalue weighted by Gasteiger charge is 2.25. The number of hydrogen-bond donors (Lipinski definition) is 1. The molecule has 0 saturated carbocycles. The van der Waals surface area contributed by atoms with Gasteiger partial charge in [0, 0.05) is 23.9 Å². The van der Waals surface area contributed by atoms with E-state index in [0.29, 0.717) is 12.5 Å².